The van der Waals surface area contributed by atoms with Crippen LogP contribution < -0.4 is 11.1 Å². The second-order valence-corrected chi connectivity index (χ2v) is 3.30. The van der Waals surface area contributed by atoms with Crippen LogP contribution in [0.1, 0.15) is 12.7 Å². The Morgan fingerprint density at radius 1 is 1.50 bits per heavy atom. The predicted octanol–water partition coefficient (Wildman–Crippen LogP) is 0.596. The molecule has 0 aliphatic carbocycles. The molecule has 0 aliphatic rings. The molecule has 1 heterocycles. The van der Waals surface area contributed by atoms with Crippen LogP contribution >= 0.6 is 0 Å². The van der Waals surface area contributed by atoms with Crippen LogP contribution in [0.5, 0.6) is 0 Å². The highest BCUT2D eigenvalue weighted by molar-refractivity contribution is 5.96. The van der Waals surface area contributed by atoms with Crippen molar-refractivity contribution in [3.63, 3.8) is 0 Å². The van der Waals surface area contributed by atoms with Gasteiger partial charge in [-0.1, -0.05) is 5.16 Å². The zero-order chi connectivity index (χ0) is 12.6. The third kappa shape index (κ3) is 2.30. The monoisotopic (exact) mass is 238 g/mol. The molecule has 0 aromatic carbocycles. The average molecular weight is 238 g/mol. The fourth-order valence-electron chi connectivity index (χ4n) is 0.704. The second kappa shape index (κ2) is 3.74. The van der Waals surface area contributed by atoms with Crippen molar-refractivity contribution in [1.82, 2.24) is 10.1 Å². The largest absolute Gasteiger partial charge is 0.415 e. The van der Waals surface area contributed by atoms with Crippen LogP contribution in [0, 0.1) is 6.92 Å². The molecular weight excluding hydrogens is 229 g/mol. The maximum Gasteiger partial charge on any atom is 0.415 e. The molecule has 1 aromatic heterocycles. The average Bonchev–Trinajstić information content (AvgIpc) is 2.49. The maximum atomic E-state index is 12.3. The van der Waals surface area contributed by atoms with E-state index in [9.17, 15) is 18.0 Å². The van der Waals surface area contributed by atoms with Crippen molar-refractivity contribution in [3.05, 3.63) is 5.82 Å². The van der Waals surface area contributed by atoms with Crippen molar-refractivity contribution < 1.29 is 22.5 Å². The summed E-state index contributed by atoms with van der Waals surface area (Å²) in [6, 6.07) is -0.427. The van der Waals surface area contributed by atoms with Crippen LogP contribution in [0.15, 0.2) is 4.52 Å². The summed E-state index contributed by atoms with van der Waals surface area (Å²) in [7, 11) is 0. The Balaban J connectivity index is 2.80. The molecule has 90 valence electrons. The molecule has 0 bridgehead atoms. The summed E-state index contributed by atoms with van der Waals surface area (Å²) in [6.07, 6.45) is -4.87. The van der Waals surface area contributed by atoms with E-state index in [1.165, 1.54) is 6.92 Å². The number of halogens is 3. The van der Waals surface area contributed by atoms with E-state index in [1.54, 1.807) is 5.32 Å². The van der Waals surface area contributed by atoms with Gasteiger partial charge in [-0.2, -0.15) is 18.2 Å². The predicted molar refractivity (Wildman–Crippen MR) is 46.3 cm³/mol. The number of carbonyl (C=O) groups excluding carboxylic acids is 1. The molecule has 0 saturated carbocycles. The zero-order valence-corrected chi connectivity index (χ0v) is 8.42. The Kier molecular flexibility index (Phi) is 2.91. The normalized spacial score (nSPS) is 15.6. The Hall–Kier alpha value is -1.64. The van der Waals surface area contributed by atoms with Crippen LogP contribution in [0.4, 0.5) is 19.2 Å². The molecule has 0 radical (unpaired) electrons. The van der Waals surface area contributed by atoms with E-state index in [4.69, 9.17) is 5.73 Å². The van der Waals surface area contributed by atoms with Gasteiger partial charge < -0.3 is 10.3 Å². The third-order valence-electron chi connectivity index (χ3n) is 1.81. The number of hydrogen-bond donors (Lipinski definition) is 2. The quantitative estimate of drug-likeness (QED) is 0.786. The van der Waals surface area contributed by atoms with Crippen molar-refractivity contribution in [3.8, 4) is 0 Å². The van der Waals surface area contributed by atoms with Crippen LogP contribution in [-0.4, -0.2) is 27.8 Å². The minimum atomic E-state index is -4.87. The molecule has 1 rings (SSSR count). The van der Waals surface area contributed by atoms with E-state index in [0.29, 0.717) is 6.92 Å². The molecule has 3 N–H and O–H groups in total. The topological polar surface area (TPSA) is 94.0 Å². The first-order valence-electron chi connectivity index (χ1n) is 4.12. The van der Waals surface area contributed by atoms with Gasteiger partial charge in [0.25, 0.3) is 5.91 Å². The van der Waals surface area contributed by atoms with Crippen LogP contribution in [0.2, 0.25) is 0 Å². The molecule has 0 saturated heterocycles. The Labute approximate surface area is 88.0 Å². The summed E-state index contributed by atoms with van der Waals surface area (Å²) < 4.78 is 41.4. The molecule has 9 heteroatoms. The zero-order valence-electron chi connectivity index (χ0n) is 8.42. The lowest BCUT2D eigenvalue weighted by atomic mass is 10.0. The van der Waals surface area contributed by atoms with Gasteiger partial charge in [-0.05, 0) is 13.8 Å². The van der Waals surface area contributed by atoms with Crippen LogP contribution in [-0.2, 0) is 4.79 Å². The fourth-order valence-corrected chi connectivity index (χ4v) is 0.704. The molecule has 1 aromatic rings. The Morgan fingerprint density at radius 2 is 2.06 bits per heavy atom. The molecule has 1 atom stereocenters. The highest BCUT2D eigenvalue weighted by atomic mass is 19.4. The van der Waals surface area contributed by atoms with Crippen LogP contribution in [0.3, 0.4) is 0 Å². The van der Waals surface area contributed by atoms with E-state index >= 15 is 0 Å². The second-order valence-electron chi connectivity index (χ2n) is 3.30. The summed E-state index contributed by atoms with van der Waals surface area (Å²) >= 11 is 0. The number of carbonyl (C=O) groups is 1. The highest BCUT2D eigenvalue weighted by Gasteiger charge is 2.54. The lowest BCUT2D eigenvalue weighted by Gasteiger charge is -2.24. The summed E-state index contributed by atoms with van der Waals surface area (Å²) in [6.45, 7) is 2.00. The minimum absolute atomic E-state index is 0.182. The lowest BCUT2D eigenvalue weighted by molar-refractivity contribution is -0.184. The smallest absolute Gasteiger partial charge is 0.315 e. The van der Waals surface area contributed by atoms with Gasteiger partial charge in [0.15, 0.2) is 11.4 Å². The van der Waals surface area contributed by atoms with E-state index < -0.39 is 23.6 Å². The summed E-state index contributed by atoms with van der Waals surface area (Å²) in [4.78, 5) is 14.7. The van der Waals surface area contributed by atoms with E-state index in [1.807, 2.05) is 0 Å². The Morgan fingerprint density at radius 3 is 2.44 bits per heavy atom. The molecular formula is C7H9F3N4O2. The van der Waals surface area contributed by atoms with Crippen molar-refractivity contribution in [2.75, 3.05) is 5.32 Å². The van der Waals surface area contributed by atoms with Gasteiger partial charge >= 0.3 is 12.2 Å². The van der Waals surface area contributed by atoms with Gasteiger partial charge in [0.2, 0.25) is 0 Å². The number of nitrogens with zero attached hydrogens (tertiary/aromatic N) is 2. The summed E-state index contributed by atoms with van der Waals surface area (Å²) in [5.74, 6) is -1.29. The number of alkyl halides is 3. The number of aromatic nitrogens is 2. The third-order valence-corrected chi connectivity index (χ3v) is 1.81. The van der Waals surface area contributed by atoms with Gasteiger partial charge in [-0.25, -0.2) is 0 Å². The minimum Gasteiger partial charge on any atom is -0.315 e. The van der Waals surface area contributed by atoms with Gasteiger partial charge in [0.05, 0.1) is 0 Å². The molecule has 1 amide bonds. The standard InChI is InChI=1S/C7H9F3N4O2/c1-3-12-5(16-14-3)13-4(15)6(2,11)7(8,9)10/h11H2,1-2H3,(H,12,13,14,15). The lowest BCUT2D eigenvalue weighted by Crippen LogP contribution is -2.59. The molecule has 1 unspecified atom stereocenters. The van der Waals surface area contributed by atoms with Gasteiger partial charge in [0, 0.05) is 0 Å². The number of hydrogen-bond acceptors (Lipinski definition) is 5. The molecule has 0 aliphatic heterocycles. The summed E-state index contributed by atoms with van der Waals surface area (Å²) in [5, 5.41) is 5.08. The number of rotatable bonds is 2. The van der Waals surface area contributed by atoms with Crippen molar-refractivity contribution in [1.29, 1.82) is 0 Å². The first-order valence-corrected chi connectivity index (χ1v) is 4.12. The fraction of sp³-hybridized carbons (Fsp3) is 0.571. The van der Waals surface area contributed by atoms with E-state index in [-0.39, 0.29) is 5.82 Å². The summed E-state index contributed by atoms with van der Waals surface area (Å²) in [5.41, 5.74) is 1.85. The van der Waals surface area contributed by atoms with Crippen LogP contribution in [0.25, 0.3) is 0 Å². The number of aryl methyl sites for hydroxylation is 1. The molecule has 6 nitrogen and oxygen atoms in total. The first-order chi connectivity index (χ1) is 7.14. The maximum absolute atomic E-state index is 12.3. The number of nitrogens with one attached hydrogen (secondary N) is 1. The molecule has 0 spiro atoms. The highest BCUT2D eigenvalue weighted by Crippen LogP contribution is 2.28. The first kappa shape index (κ1) is 12.4. The van der Waals surface area contributed by atoms with Gasteiger partial charge in [-0.3, -0.25) is 10.1 Å². The van der Waals surface area contributed by atoms with E-state index in [0.717, 1.165) is 0 Å². The van der Waals surface area contributed by atoms with Crippen molar-refractivity contribution in [2.45, 2.75) is 25.6 Å². The molecule has 0 fully saturated rings. The van der Waals surface area contributed by atoms with Gasteiger partial charge in [-0.15, -0.1) is 0 Å². The number of nitrogens with two attached hydrogens (primary N) is 1. The van der Waals surface area contributed by atoms with Crippen molar-refractivity contribution in [2.24, 2.45) is 5.73 Å². The van der Waals surface area contributed by atoms with E-state index in [2.05, 4.69) is 14.7 Å². The van der Waals surface area contributed by atoms with Crippen molar-refractivity contribution >= 4 is 11.9 Å². The van der Waals surface area contributed by atoms with Gasteiger partial charge in [0.1, 0.15) is 0 Å². The molecule has 16 heavy (non-hydrogen) atoms. The SMILES string of the molecule is Cc1noc(NC(=O)C(C)(N)C(F)(F)F)n1. The number of anilines is 1. The Bertz CT molecular complexity index is 399. The number of amides is 1.